The number of nitrogens with zero attached hydrogens (tertiary/aromatic N) is 3. The third-order valence-corrected chi connectivity index (χ3v) is 3.96. The maximum absolute atomic E-state index is 4.60. The van der Waals surface area contributed by atoms with E-state index in [1.165, 1.54) is 5.56 Å². The highest BCUT2D eigenvalue weighted by atomic mass is 127. The Morgan fingerprint density at radius 2 is 2.09 bits per heavy atom. The predicted octanol–water partition coefficient (Wildman–Crippen LogP) is 3.27. The summed E-state index contributed by atoms with van der Waals surface area (Å²) in [4.78, 5) is 10.2. The number of hydrogen-bond acceptors (Lipinski definition) is 3. The number of guanidine groups is 1. The Labute approximate surface area is 156 Å². The van der Waals surface area contributed by atoms with Crippen molar-refractivity contribution in [2.75, 3.05) is 6.54 Å². The molecule has 0 spiro atoms. The molecule has 5 nitrogen and oxygen atoms in total. The first-order valence-corrected chi connectivity index (χ1v) is 8.20. The zero-order valence-corrected chi connectivity index (χ0v) is 16.0. The van der Waals surface area contributed by atoms with Gasteiger partial charge in [0.1, 0.15) is 0 Å². The molecule has 122 valence electrons. The molecule has 3 aromatic rings. The molecule has 2 heterocycles. The lowest BCUT2D eigenvalue weighted by molar-refractivity contribution is 0.804. The Kier molecular flexibility index (Phi) is 6.85. The van der Waals surface area contributed by atoms with Crippen LogP contribution >= 0.6 is 35.3 Å². The van der Waals surface area contributed by atoms with Crippen LogP contribution in [0, 0.1) is 0 Å². The Morgan fingerprint density at radius 1 is 1.26 bits per heavy atom. The summed E-state index contributed by atoms with van der Waals surface area (Å²) in [6.07, 6.45) is 4.06. The van der Waals surface area contributed by atoms with Gasteiger partial charge in [-0.3, -0.25) is 4.40 Å². The number of imidazole rings is 1. The second kappa shape index (κ2) is 8.88. The highest BCUT2D eigenvalue weighted by Crippen LogP contribution is 2.11. The average molecular weight is 441 g/mol. The monoisotopic (exact) mass is 441 g/mol. The summed E-state index contributed by atoms with van der Waals surface area (Å²) < 4.78 is 2.04. The highest BCUT2D eigenvalue weighted by Gasteiger charge is 2.03. The van der Waals surface area contributed by atoms with E-state index >= 15 is 0 Å². The van der Waals surface area contributed by atoms with E-state index in [4.69, 9.17) is 0 Å². The maximum atomic E-state index is 4.60. The molecule has 0 saturated carbocycles. The molecule has 0 unspecified atom stereocenters. The van der Waals surface area contributed by atoms with E-state index in [2.05, 4.69) is 39.7 Å². The van der Waals surface area contributed by atoms with Crippen LogP contribution in [0.1, 0.15) is 18.2 Å². The Bertz CT molecular complexity index is 722. The van der Waals surface area contributed by atoms with Crippen LogP contribution in [0.25, 0.3) is 4.96 Å². The van der Waals surface area contributed by atoms with Gasteiger partial charge >= 0.3 is 0 Å². The van der Waals surface area contributed by atoms with Crippen molar-refractivity contribution < 1.29 is 0 Å². The summed E-state index contributed by atoms with van der Waals surface area (Å²) in [5.41, 5.74) is 2.21. The number of halogens is 1. The van der Waals surface area contributed by atoms with Gasteiger partial charge in [0, 0.05) is 24.3 Å². The summed E-state index contributed by atoms with van der Waals surface area (Å²) in [5.74, 6) is 0.808. The quantitative estimate of drug-likeness (QED) is 0.363. The minimum atomic E-state index is 0. The fourth-order valence-corrected chi connectivity index (χ4v) is 2.85. The lowest BCUT2D eigenvalue weighted by atomic mass is 10.2. The van der Waals surface area contributed by atoms with Crippen LogP contribution in [0.15, 0.2) is 53.1 Å². The molecule has 0 saturated heterocycles. The number of nitrogens with one attached hydrogen (secondary N) is 2. The largest absolute Gasteiger partial charge is 0.357 e. The lowest BCUT2D eigenvalue weighted by Gasteiger charge is -2.10. The van der Waals surface area contributed by atoms with Crippen LogP contribution in [0.3, 0.4) is 0 Å². The number of hydrogen-bond donors (Lipinski definition) is 2. The topological polar surface area (TPSA) is 53.7 Å². The van der Waals surface area contributed by atoms with E-state index in [0.29, 0.717) is 13.1 Å². The zero-order chi connectivity index (χ0) is 15.2. The summed E-state index contributed by atoms with van der Waals surface area (Å²) in [6.45, 7) is 4.22. The van der Waals surface area contributed by atoms with Gasteiger partial charge in [-0.15, -0.1) is 35.3 Å². The van der Waals surface area contributed by atoms with Crippen molar-refractivity contribution >= 4 is 46.2 Å². The molecule has 0 amide bonds. The van der Waals surface area contributed by atoms with E-state index < -0.39 is 0 Å². The van der Waals surface area contributed by atoms with Crippen LogP contribution < -0.4 is 10.6 Å². The van der Waals surface area contributed by atoms with Crippen molar-refractivity contribution in [2.45, 2.75) is 20.0 Å². The summed E-state index contributed by atoms with van der Waals surface area (Å²) in [7, 11) is 0. The van der Waals surface area contributed by atoms with E-state index in [1.807, 2.05) is 40.4 Å². The molecule has 0 atom stereocenters. The molecule has 23 heavy (non-hydrogen) atoms. The first kappa shape index (κ1) is 17.7. The molecule has 0 aliphatic heterocycles. The normalized spacial score (nSPS) is 11.3. The molecule has 0 fully saturated rings. The fourth-order valence-electron chi connectivity index (χ4n) is 2.13. The van der Waals surface area contributed by atoms with Gasteiger partial charge < -0.3 is 10.6 Å². The van der Waals surface area contributed by atoms with Crippen molar-refractivity contribution in [1.82, 2.24) is 20.0 Å². The average Bonchev–Trinajstić information content (AvgIpc) is 3.12. The van der Waals surface area contributed by atoms with Crippen molar-refractivity contribution in [3.63, 3.8) is 0 Å². The van der Waals surface area contributed by atoms with E-state index in [9.17, 15) is 0 Å². The number of fused-ring (bicyclic) bond motifs is 1. The Hall–Kier alpha value is -1.61. The number of thiazole rings is 1. The van der Waals surface area contributed by atoms with E-state index in [1.54, 1.807) is 11.3 Å². The first-order chi connectivity index (χ1) is 10.8. The molecule has 0 bridgehead atoms. The minimum absolute atomic E-state index is 0. The second-order valence-electron chi connectivity index (χ2n) is 4.86. The number of rotatable bonds is 5. The van der Waals surface area contributed by atoms with Gasteiger partial charge in [-0.05, 0) is 12.5 Å². The van der Waals surface area contributed by atoms with Crippen molar-refractivity contribution in [1.29, 1.82) is 0 Å². The molecule has 0 aliphatic carbocycles. The number of benzene rings is 1. The van der Waals surface area contributed by atoms with E-state index in [0.717, 1.165) is 23.2 Å². The highest BCUT2D eigenvalue weighted by molar-refractivity contribution is 14.0. The van der Waals surface area contributed by atoms with Crippen LogP contribution in [-0.4, -0.2) is 21.9 Å². The third kappa shape index (κ3) is 4.93. The van der Waals surface area contributed by atoms with Crippen molar-refractivity contribution in [2.24, 2.45) is 4.99 Å². The number of aromatic nitrogens is 2. The first-order valence-electron chi connectivity index (χ1n) is 7.32. The standard InChI is InChI=1S/C16H19N5S.HI/c1-2-17-15(18-10-13-6-4-3-5-7-13)19-11-14-12-21-8-9-22-16(21)20-14;/h3-9,12H,2,10-11H2,1H3,(H2,17,18,19);1H. The van der Waals surface area contributed by atoms with Gasteiger partial charge in [0.2, 0.25) is 0 Å². The second-order valence-corrected chi connectivity index (χ2v) is 5.73. The van der Waals surface area contributed by atoms with Gasteiger partial charge in [0.05, 0.1) is 18.8 Å². The zero-order valence-electron chi connectivity index (χ0n) is 12.9. The molecule has 1 aromatic carbocycles. The summed E-state index contributed by atoms with van der Waals surface area (Å²) in [5, 5.41) is 8.62. The van der Waals surface area contributed by atoms with Crippen molar-refractivity contribution in [3.8, 4) is 0 Å². The molecular weight excluding hydrogens is 421 g/mol. The number of aliphatic imine (C=N–C) groups is 1. The Balaban J connectivity index is 0.00000192. The van der Waals surface area contributed by atoms with Crippen molar-refractivity contribution in [3.05, 3.63) is 59.4 Å². The SMILES string of the molecule is CCNC(=NCc1ccccc1)NCc1cn2ccsc2n1.I. The smallest absolute Gasteiger partial charge is 0.193 e. The molecule has 3 rings (SSSR count). The minimum Gasteiger partial charge on any atom is -0.357 e. The fraction of sp³-hybridized carbons (Fsp3) is 0.250. The molecule has 2 aromatic heterocycles. The van der Waals surface area contributed by atoms with Gasteiger partial charge in [-0.25, -0.2) is 9.98 Å². The van der Waals surface area contributed by atoms with Gasteiger partial charge in [-0.1, -0.05) is 30.3 Å². The Morgan fingerprint density at radius 3 is 2.83 bits per heavy atom. The molecule has 0 aliphatic rings. The van der Waals surface area contributed by atoms with Crippen LogP contribution in [0.2, 0.25) is 0 Å². The van der Waals surface area contributed by atoms with Gasteiger partial charge in [-0.2, -0.15) is 0 Å². The molecule has 2 N–H and O–H groups in total. The third-order valence-electron chi connectivity index (χ3n) is 3.19. The predicted molar refractivity (Wildman–Crippen MR) is 107 cm³/mol. The molecule has 0 radical (unpaired) electrons. The van der Waals surface area contributed by atoms with E-state index in [-0.39, 0.29) is 24.0 Å². The van der Waals surface area contributed by atoms with Gasteiger partial charge in [0.25, 0.3) is 0 Å². The molecular formula is C16H20IN5S. The van der Waals surface area contributed by atoms with Crippen LogP contribution in [-0.2, 0) is 13.1 Å². The lowest BCUT2D eigenvalue weighted by Crippen LogP contribution is -2.36. The summed E-state index contributed by atoms with van der Waals surface area (Å²) in [6, 6.07) is 10.2. The van der Waals surface area contributed by atoms with Gasteiger partial charge in [0.15, 0.2) is 10.9 Å². The molecule has 7 heteroatoms. The van der Waals surface area contributed by atoms with Crippen LogP contribution in [0.4, 0.5) is 0 Å². The van der Waals surface area contributed by atoms with Crippen LogP contribution in [0.5, 0.6) is 0 Å². The summed E-state index contributed by atoms with van der Waals surface area (Å²) >= 11 is 1.64. The maximum Gasteiger partial charge on any atom is 0.193 e.